The van der Waals surface area contributed by atoms with Crippen LogP contribution in [0.15, 0.2) is 24.3 Å². The molecule has 1 rings (SSSR count). The molecule has 0 aliphatic carbocycles. The molecule has 0 aliphatic rings. The molecule has 0 aromatic heterocycles. The third-order valence-electron chi connectivity index (χ3n) is 1.93. The SMILES string of the molecule is CCCCOC[CH]COc1cc[c]cc1. The van der Waals surface area contributed by atoms with Gasteiger partial charge in [-0.2, -0.15) is 0 Å². The van der Waals surface area contributed by atoms with Crippen LogP contribution in [0, 0.1) is 12.5 Å². The third-order valence-corrected chi connectivity index (χ3v) is 1.93. The summed E-state index contributed by atoms with van der Waals surface area (Å²) in [7, 11) is 0. The highest BCUT2D eigenvalue weighted by Crippen LogP contribution is 2.07. The van der Waals surface area contributed by atoms with Crippen molar-refractivity contribution in [3.05, 3.63) is 36.8 Å². The van der Waals surface area contributed by atoms with Crippen molar-refractivity contribution in [3.63, 3.8) is 0 Å². The van der Waals surface area contributed by atoms with Crippen molar-refractivity contribution in [2.24, 2.45) is 0 Å². The van der Waals surface area contributed by atoms with Crippen molar-refractivity contribution in [2.75, 3.05) is 19.8 Å². The summed E-state index contributed by atoms with van der Waals surface area (Å²) in [6.45, 7) is 4.25. The fourth-order valence-electron chi connectivity index (χ4n) is 1.08. The molecule has 1 aromatic rings. The van der Waals surface area contributed by atoms with Crippen LogP contribution in [0.3, 0.4) is 0 Å². The van der Waals surface area contributed by atoms with Gasteiger partial charge in [-0.25, -0.2) is 0 Å². The molecule has 15 heavy (non-hydrogen) atoms. The zero-order chi connectivity index (χ0) is 10.8. The highest BCUT2D eigenvalue weighted by atomic mass is 16.5. The van der Waals surface area contributed by atoms with E-state index in [0.717, 1.165) is 18.8 Å². The van der Waals surface area contributed by atoms with Gasteiger partial charge in [0, 0.05) is 13.0 Å². The normalized spacial score (nSPS) is 10.2. The van der Waals surface area contributed by atoms with Crippen LogP contribution < -0.4 is 4.74 Å². The van der Waals surface area contributed by atoms with Crippen LogP contribution in [0.2, 0.25) is 0 Å². The van der Waals surface area contributed by atoms with E-state index in [2.05, 4.69) is 13.0 Å². The van der Waals surface area contributed by atoms with E-state index in [1.54, 1.807) is 0 Å². The average molecular weight is 206 g/mol. The smallest absolute Gasteiger partial charge is 0.119 e. The molecule has 2 nitrogen and oxygen atoms in total. The molecule has 2 heteroatoms. The van der Waals surface area contributed by atoms with E-state index in [1.807, 2.05) is 30.7 Å². The molecule has 82 valence electrons. The lowest BCUT2D eigenvalue weighted by atomic mass is 10.3. The average Bonchev–Trinajstić information content (AvgIpc) is 2.29. The minimum Gasteiger partial charge on any atom is -0.493 e. The Morgan fingerprint density at radius 2 is 2.07 bits per heavy atom. The van der Waals surface area contributed by atoms with Crippen molar-refractivity contribution in [1.82, 2.24) is 0 Å². The fraction of sp³-hybridized carbons (Fsp3) is 0.462. The summed E-state index contributed by atoms with van der Waals surface area (Å²) in [6.07, 6.45) is 4.30. The number of hydrogen-bond acceptors (Lipinski definition) is 2. The summed E-state index contributed by atoms with van der Waals surface area (Å²) in [5, 5.41) is 0. The first-order chi connectivity index (χ1) is 7.43. The Bertz CT molecular complexity index is 234. The van der Waals surface area contributed by atoms with E-state index >= 15 is 0 Å². The van der Waals surface area contributed by atoms with Crippen molar-refractivity contribution in [3.8, 4) is 5.75 Å². The lowest BCUT2D eigenvalue weighted by molar-refractivity contribution is 0.143. The lowest BCUT2D eigenvalue weighted by Gasteiger charge is -2.05. The number of ether oxygens (including phenoxy) is 2. The molecule has 0 N–H and O–H groups in total. The van der Waals surface area contributed by atoms with Gasteiger partial charge in [0.1, 0.15) is 5.75 Å². The zero-order valence-electron chi connectivity index (χ0n) is 9.24. The van der Waals surface area contributed by atoms with E-state index in [-0.39, 0.29) is 0 Å². The van der Waals surface area contributed by atoms with Gasteiger partial charge in [0.2, 0.25) is 0 Å². The Hall–Kier alpha value is -1.02. The van der Waals surface area contributed by atoms with Crippen LogP contribution in [-0.2, 0) is 4.74 Å². The molecule has 0 saturated heterocycles. The molecule has 0 atom stereocenters. The maximum absolute atomic E-state index is 5.46. The summed E-state index contributed by atoms with van der Waals surface area (Å²) in [6, 6.07) is 10.4. The monoisotopic (exact) mass is 206 g/mol. The minimum atomic E-state index is 0.593. The largest absolute Gasteiger partial charge is 0.493 e. The Kier molecular flexibility index (Phi) is 6.67. The Balaban J connectivity index is 1.93. The van der Waals surface area contributed by atoms with Gasteiger partial charge in [-0.05, 0) is 24.6 Å². The van der Waals surface area contributed by atoms with E-state index in [4.69, 9.17) is 9.47 Å². The molecule has 2 radical (unpaired) electrons. The van der Waals surface area contributed by atoms with E-state index < -0.39 is 0 Å². The zero-order valence-corrected chi connectivity index (χ0v) is 9.24. The van der Waals surface area contributed by atoms with Crippen LogP contribution in [0.5, 0.6) is 5.75 Å². The third kappa shape index (κ3) is 6.13. The maximum atomic E-state index is 5.46. The molecule has 0 fully saturated rings. The summed E-state index contributed by atoms with van der Waals surface area (Å²) in [5.74, 6) is 0.874. The van der Waals surface area contributed by atoms with Gasteiger partial charge in [-0.15, -0.1) is 0 Å². The molecule has 0 amide bonds. The first-order valence-electron chi connectivity index (χ1n) is 5.42. The van der Waals surface area contributed by atoms with Crippen LogP contribution in [0.1, 0.15) is 19.8 Å². The number of unbranched alkanes of at least 4 members (excludes halogenated alkanes) is 1. The molecular formula is C13H18O2. The summed E-state index contributed by atoms with van der Waals surface area (Å²) < 4.78 is 10.8. The first kappa shape index (κ1) is 12.1. The Morgan fingerprint density at radius 3 is 2.80 bits per heavy atom. The second-order valence-electron chi connectivity index (χ2n) is 3.26. The lowest BCUT2D eigenvalue weighted by Crippen LogP contribution is -2.04. The summed E-state index contributed by atoms with van der Waals surface area (Å²) >= 11 is 0. The van der Waals surface area contributed by atoms with Gasteiger partial charge in [0.25, 0.3) is 0 Å². The second-order valence-corrected chi connectivity index (χ2v) is 3.26. The fourth-order valence-corrected chi connectivity index (χ4v) is 1.08. The Morgan fingerprint density at radius 1 is 1.27 bits per heavy atom. The molecule has 0 bridgehead atoms. The van der Waals surface area contributed by atoms with E-state index in [1.165, 1.54) is 6.42 Å². The predicted octanol–water partition coefficient (Wildman–Crippen LogP) is 2.89. The highest BCUT2D eigenvalue weighted by molar-refractivity contribution is 5.20. The summed E-state index contributed by atoms with van der Waals surface area (Å²) in [5.41, 5.74) is 0. The number of hydrogen-bond donors (Lipinski definition) is 0. The van der Waals surface area contributed by atoms with Crippen LogP contribution in [0.25, 0.3) is 0 Å². The second kappa shape index (κ2) is 8.30. The van der Waals surface area contributed by atoms with Gasteiger partial charge in [0.15, 0.2) is 0 Å². The first-order valence-corrected chi connectivity index (χ1v) is 5.42. The van der Waals surface area contributed by atoms with Gasteiger partial charge in [-0.3, -0.25) is 0 Å². The molecule has 0 saturated carbocycles. The van der Waals surface area contributed by atoms with Gasteiger partial charge < -0.3 is 9.47 Å². The number of benzene rings is 1. The quantitative estimate of drug-likeness (QED) is 0.609. The van der Waals surface area contributed by atoms with E-state index in [9.17, 15) is 0 Å². The van der Waals surface area contributed by atoms with E-state index in [0.29, 0.717) is 13.2 Å². The highest BCUT2D eigenvalue weighted by Gasteiger charge is 1.92. The topological polar surface area (TPSA) is 18.5 Å². The molecule has 0 spiro atoms. The molecule has 1 aromatic carbocycles. The molecule has 0 unspecified atom stereocenters. The number of rotatable bonds is 8. The minimum absolute atomic E-state index is 0.593. The van der Waals surface area contributed by atoms with Crippen molar-refractivity contribution in [1.29, 1.82) is 0 Å². The Labute approximate surface area is 92.2 Å². The van der Waals surface area contributed by atoms with Gasteiger partial charge >= 0.3 is 0 Å². The standard InChI is InChI=1S/C13H18O2/c1-2-3-10-14-11-7-12-15-13-8-5-4-6-9-13/h5-9H,2-3,10-12H2,1H3. The van der Waals surface area contributed by atoms with Gasteiger partial charge in [-0.1, -0.05) is 25.5 Å². The van der Waals surface area contributed by atoms with Gasteiger partial charge in [0.05, 0.1) is 13.2 Å². The van der Waals surface area contributed by atoms with Crippen LogP contribution in [-0.4, -0.2) is 19.8 Å². The van der Waals surface area contributed by atoms with Crippen molar-refractivity contribution < 1.29 is 9.47 Å². The maximum Gasteiger partial charge on any atom is 0.119 e. The molecular weight excluding hydrogens is 188 g/mol. The van der Waals surface area contributed by atoms with Crippen molar-refractivity contribution >= 4 is 0 Å². The predicted molar refractivity (Wildman–Crippen MR) is 60.8 cm³/mol. The van der Waals surface area contributed by atoms with Crippen LogP contribution >= 0.6 is 0 Å². The summed E-state index contributed by atoms with van der Waals surface area (Å²) in [4.78, 5) is 0. The molecule has 0 heterocycles. The van der Waals surface area contributed by atoms with Crippen molar-refractivity contribution in [2.45, 2.75) is 19.8 Å². The molecule has 0 aliphatic heterocycles. The van der Waals surface area contributed by atoms with Crippen LogP contribution in [0.4, 0.5) is 0 Å².